The Morgan fingerprint density at radius 3 is 2.40 bits per heavy atom. The lowest BCUT2D eigenvalue weighted by molar-refractivity contribution is 0.0938. The minimum absolute atomic E-state index is 0.0630. The Kier molecular flexibility index (Phi) is 5.56. The van der Waals surface area contributed by atoms with Gasteiger partial charge in [-0.25, -0.2) is 13.5 Å². The van der Waals surface area contributed by atoms with Gasteiger partial charge in [0.05, 0.1) is 24.7 Å². The number of ether oxygens (including phenoxy) is 1. The molecule has 152 valence electrons. The number of halogens is 2. The van der Waals surface area contributed by atoms with E-state index in [0.717, 1.165) is 5.56 Å². The zero-order valence-electron chi connectivity index (χ0n) is 15.7. The first-order chi connectivity index (χ1) is 14.6. The van der Waals surface area contributed by atoms with E-state index in [1.165, 1.54) is 47.3 Å². The summed E-state index contributed by atoms with van der Waals surface area (Å²) in [6, 6.07) is 15.0. The number of rotatable bonds is 7. The first-order valence-corrected chi connectivity index (χ1v) is 9.12. The third kappa shape index (κ3) is 4.54. The quantitative estimate of drug-likeness (QED) is 0.495. The molecule has 6 nitrogen and oxygen atoms in total. The van der Waals surface area contributed by atoms with Crippen LogP contribution in [-0.4, -0.2) is 15.7 Å². The molecule has 0 atom stereocenters. The Morgan fingerprint density at radius 2 is 1.73 bits per heavy atom. The zero-order valence-corrected chi connectivity index (χ0v) is 15.7. The predicted molar refractivity (Wildman–Crippen MR) is 104 cm³/mol. The molecule has 0 fully saturated rings. The maximum Gasteiger partial charge on any atom is 0.276 e. The van der Waals surface area contributed by atoms with Gasteiger partial charge in [0.15, 0.2) is 11.4 Å². The van der Waals surface area contributed by atoms with E-state index < -0.39 is 5.91 Å². The molecule has 0 saturated carbocycles. The standard InChI is InChI=1S/C22H17F2N3O3/c23-16-5-3-15(4-6-16)14-30-20-13-27(18-9-7-17(24)8-10-18)26-21(20)22(28)25-12-19-2-1-11-29-19/h1-11,13H,12,14H2,(H,25,28). The van der Waals surface area contributed by atoms with E-state index in [1.807, 2.05) is 0 Å². The number of hydrogen-bond acceptors (Lipinski definition) is 4. The summed E-state index contributed by atoms with van der Waals surface area (Å²) in [5, 5.41) is 7.03. The number of carbonyl (C=O) groups is 1. The van der Waals surface area contributed by atoms with Gasteiger partial charge < -0.3 is 14.5 Å². The minimum atomic E-state index is -0.457. The van der Waals surface area contributed by atoms with Crippen LogP contribution in [0.3, 0.4) is 0 Å². The maximum absolute atomic E-state index is 13.2. The topological polar surface area (TPSA) is 69.3 Å². The minimum Gasteiger partial charge on any atom is -0.485 e. The molecule has 4 rings (SSSR count). The molecular formula is C22H17F2N3O3. The van der Waals surface area contributed by atoms with Crippen LogP contribution in [0.2, 0.25) is 0 Å². The number of carbonyl (C=O) groups excluding carboxylic acids is 1. The summed E-state index contributed by atoms with van der Waals surface area (Å²) in [5.74, 6) is -0.354. The van der Waals surface area contributed by atoms with Crippen molar-refractivity contribution in [1.82, 2.24) is 15.1 Å². The van der Waals surface area contributed by atoms with Crippen LogP contribution >= 0.6 is 0 Å². The van der Waals surface area contributed by atoms with Gasteiger partial charge in [-0.15, -0.1) is 0 Å². The summed E-state index contributed by atoms with van der Waals surface area (Å²) in [5.41, 5.74) is 1.36. The second-order valence-corrected chi connectivity index (χ2v) is 6.44. The molecule has 0 saturated heterocycles. The van der Waals surface area contributed by atoms with Gasteiger partial charge >= 0.3 is 0 Å². The van der Waals surface area contributed by atoms with Crippen molar-refractivity contribution in [3.63, 3.8) is 0 Å². The molecule has 1 N–H and O–H groups in total. The Labute approximate surface area is 170 Å². The van der Waals surface area contributed by atoms with Gasteiger partial charge in [0.2, 0.25) is 0 Å². The van der Waals surface area contributed by atoms with Crippen molar-refractivity contribution >= 4 is 5.91 Å². The van der Waals surface area contributed by atoms with E-state index in [4.69, 9.17) is 9.15 Å². The fourth-order valence-corrected chi connectivity index (χ4v) is 2.75. The summed E-state index contributed by atoms with van der Waals surface area (Å²) in [4.78, 5) is 12.7. The van der Waals surface area contributed by atoms with Crippen molar-refractivity contribution in [3.8, 4) is 11.4 Å². The Morgan fingerprint density at radius 1 is 1.03 bits per heavy atom. The molecule has 0 unspecified atom stereocenters. The average molecular weight is 409 g/mol. The van der Waals surface area contributed by atoms with Crippen LogP contribution in [0.25, 0.3) is 5.69 Å². The normalized spacial score (nSPS) is 10.7. The predicted octanol–water partition coefficient (Wildman–Crippen LogP) is 4.25. The number of nitrogens with one attached hydrogen (secondary N) is 1. The van der Waals surface area contributed by atoms with Gasteiger partial charge in [-0.05, 0) is 54.1 Å². The molecule has 2 aromatic carbocycles. The number of amides is 1. The lowest BCUT2D eigenvalue weighted by Gasteiger charge is -2.06. The molecule has 0 bridgehead atoms. The third-order valence-electron chi connectivity index (χ3n) is 4.30. The van der Waals surface area contributed by atoms with Crippen molar-refractivity contribution in [3.05, 3.63) is 102 Å². The highest BCUT2D eigenvalue weighted by atomic mass is 19.1. The van der Waals surface area contributed by atoms with E-state index in [2.05, 4.69) is 10.4 Å². The molecule has 0 aliphatic rings. The fraction of sp³-hybridized carbons (Fsp3) is 0.0909. The monoisotopic (exact) mass is 409 g/mol. The van der Waals surface area contributed by atoms with Crippen LogP contribution < -0.4 is 10.1 Å². The van der Waals surface area contributed by atoms with Crippen molar-refractivity contribution in [2.75, 3.05) is 0 Å². The molecule has 2 aromatic heterocycles. The largest absolute Gasteiger partial charge is 0.485 e. The summed E-state index contributed by atoms with van der Waals surface area (Å²) >= 11 is 0. The molecule has 30 heavy (non-hydrogen) atoms. The zero-order chi connectivity index (χ0) is 20.9. The SMILES string of the molecule is O=C(NCc1ccco1)c1nn(-c2ccc(F)cc2)cc1OCc1ccc(F)cc1. The lowest BCUT2D eigenvalue weighted by atomic mass is 10.2. The van der Waals surface area contributed by atoms with Crippen molar-refractivity contribution in [2.24, 2.45) is 0 Å². The molecular weight excluding hydrogens is 392 g/mol. The lowest BCUT2D eigenvalue weighted by Crippen LogP contribution is -2.23. The number of hydrogen-bond donors (Lipinski definition) is 1. The second kappa shape index (κ2) is 8.60. The second-order valence-electron chi connectivity index (χ2n) is 6.44. The Balaban J connectivity index is 1.57. The van der Waals surface area contributed by atoms with Crippen LogP contribution in [-0.2, 0) is 13.2 Å². The van der Waals surface area contributed by atoms with E-state index in [1.54, 1.807) is 30.5 Å². The van der Waals surface area contributed by atoms with Gasteiger partial charge in [-0.1, -0.05) is 12.1 Å². The van der Waals surface area contributed by atoms with Gasteiger partial charge in [-0.2, -0.15) is 5.10 Å². The van der Waals surface area contributed by atoms with Crippen LogP contribution in [0.4, 0.5) is 8.78 Å². The van der Waals surface area contributed by atoms with E-state index in [9.17, 15) is 13.6 Å². The molecule has 1 amide bonds. The summed E-state index contributed by atoms with van der Waals surface area (Å²) in [7, 11) is 0. The molecule has 0 aliphatic heterocycles. The number of aromatic nitrogens is 2. The van der Waals surface area contributed by atoms with Gasteiger partial charge in [-0.3, -0.25) is 4.79 Å². The third-order valence-corrected chi connectivity index (χ3v) is 4.30. The number of benzene rings is 2. The van der Waals surface area contributed by atoms with E-state index in [-0.39, 0.29) is 36.2 Å². The first kappa shape index (κ1) is 19.4. The van der Waals surface area contributed by atoms with Crippen LogP contribution in [0.15, 0.2) is 77.5 Å². The van der Waals surface area contributed by atoms with Gasteiger partial charge in [0.25, 0.3) is 5.91 Å². The number of furan rings is 1. The van der Waals surface area contributed by atoms with Crippen LogP contribution in [0.5, 0.6) is 5.75 Å². The molecule has 0 spiro atoms. The fourth-order valence-electron chi connectivity index (χ4n) is 2.75. The highest BCUT2D eigenvalue weighted by Crippen LogP contribution is 2.22. The smallest absolute Gasteiger partial charge is 0.276 e. The summed E-state index contributed by atoms with van der Waals surface area (Å²) in [6.07, 6.45) is 3.06. The summed E-state index contributed by atoms with van der Waals surface area (Å²) in [6.45, 7) is 0.306. The van der Waals surface area contributed by atoms with E-state index in [0.29, 0.717) is 11.4 Å². The Bertz CT molecular complexity index is 1120. The molecule has 0 radical (unpaired) electrons. The maximum atomic E-state index is 13.2. The van der Waals surface area contributed by atoms with E-state index >= 15 is 0 Å². The van der Waals surface area contributed by atoms with Crippen molar-refractivity contribution in [2.45, 2.75) is 13.2 Å². The first-order valence-electron chi connectivity index (χ1n) is 9.12. The number of nitrogens with zero attached hydrogens (tertiary/aromatic N) is 2. The van der Waals surface area contributed by atoms with Crippen LogP contribution in [0.1, 0.15) is 21.8 Å². The molecule has 8 heteroatoms. The highest BCUT2D eigenvalue weighted by Gasteiger charge is 2.19. The summed E-state index contributed by atoms with van der Waals surface area (Å²) < 4.78 is 38.8. The molecule has 2 heterocycles. The average Bonchev–Trinajstić information content (AvgIpc) is 3.42. The Hall–Kier alpha value is -3.94. The molecule has 0 aliphatic carbocycles. The van der Waals surface area contributed by atoms with Gasteiger partial charge in [0.1, 0.15) is 24.0 Å². The van der Waals surface area contributed by atoms with Gasteiger partial charge in [0, 0.05) is 0 Å². The van der Waals surface area contributed by atoms with Crippen molar-refractivity contribution in [1.29, 1.82) is 0 Å². The van der Waals surface area contributed by atoms with Crippen molar-refractivity contribution < 1.29 is 22.7 Å². The van der Waals surface area contributed by atoms with Crippen LogP contribution in [0, 0.1) is 11.6 Å². The molecule has 4 aromatic rings. The highest BCUT2D eigenvalue weighted by molar-refractivity contribution is 5.94.